The van der Waals surface area contributed by atoms with Crippen LogP contribution in [0.5, 0.6) is 0 Å². The van der Waals surface area contributed by atoms with Crippen LogP contribution >= 0.6 is 0 Å². The SMILES string of the molecule is CCNc1ccc([N+](=O)[O-])c(S(=O)(=O)N(C)C(C)CO)c1. The minimum absolute atomic E-state index is 0.379. The van der Waals surface area contributed by atoms with Gasteiger partial charge in [-0.25, -0.2) is 8.42 Å². The van der Waals surface area contributed by atoms with E-state index in [1.54, 1.807) is 0 Å². The molecule has 0 fully saturated rings. The number of sulfonamides is 1. The average Bonchev–Trinajstić information content (AvgIpc) is 2.45. The van der Waals surface area contributed by atoms with E-state index in [2.05, 4.69) is 5.32 Å². The third kappa shape index (κ3) is 3.69. The van der Waals surface area contributed by atoms with Crippen LogP contribution in [0, 0.1) is 10.1 Å². The lowest BCUT2D eigenvalue weighted by molar-refractivity contribution is -0.387. The van der Waals surface area contributed by atoms with Crippen molar-refractivity contribution in [3.8, 4) is 0 Å². The lowest BCUT2D eigenvalue weighted by atomic mass is 10.3. The monoisotopic (exact) mass is 317 g/mol. The molecule has 0 bridgehead atoms. The number of anilines is 1. The molecule has 0 aliphatic rings. The molecule has 9 heteroatoms. The summed E-state index contributed by atoms with van der Waals surface area (Å²) >= 11 is 0. The number of rotatable bonds is 7. The highest BCUT2D eigenvalue weighted by Gasteiger charge is 2.32. The summed E-state index contributed by atoms with van der Waals surface area (Å²) in [5.41, 5.74) is -0.0135. The minimum Gasteiger partial charge on any atom is -0.395 e. The van der Waals surface area contributed by atoms with Crippen molar-refractivity contribution in [1.82, 2.24) is 4.31 Å². The number of hydrogen-bond acceptors (Lipinski definition) is 6. The smallest absolute Gasteiger partial charge is 0.289 e. The number of likely N-dealkylation sites (N-methyl/N-ethyl adjacent to an activating group) is 1. The zero-order chi connectivity index (χ0) is 16.2. The second kappa shape index (κ2) is 6.83. The highest BCUT2D eigenvalue weighted by molar-refractivity contribution is 7.89. The van der Waals surface area contributed by atoms with Gasteiger partial charge in [-0.15, -0.1) is 0 Å². The normalized spacial score (nSPS) is 13.2. The van der Waals surface area contributed by atoms with Crippen molar-refractivity contribution < 1.29 is 18.4 Å². The van der Waals surface area contributed by atoms with Gasteiger partial charge in [-0.3, -0.25) is 10.1 Å². The van der Waals surface area contributed by atoms with Crippen molar-refractivity contribution in [2.24, 2.45) is 0 Å². The third-order valence-electron chi connectivity index (χ3n) is 3.08. The first-order valence-electron chi connectivity index (χ1n) is 6.36. The fourth-order valence-corrected chi connectivity index (χ4v) is 3.23. The van der Waals surface area contributed by atoms with Crippen LogP contribution in [0.1, 0.15) is 13.8 Å². The van der Waals surface area contributed by atoms with Crippen molar-refractivity contribution in [2.75, 3.05) is 25.5 Å². The Balaban J connectivity index is 3.43. The van der Waals surface area contributed by atoms with Gasteiger partial charge in [0.15, 0.2) is 4.90 Å². The first-order chi connectivity index (χ1) is 9.75. The van der Waals surface area contributed by atoms with Crippen LogP contribution in [-0.4, -0.2) is 49.0 Å². The number of benzene rings is 1. The van der Waals surface area contributed by atoms with E-state index in [-0.39, 0.29) is 6.61 Å². The maximum Gasteiger partial charge on any atom is 0.289 e. The number of aliphatic hydroxyl groups excluding tert-OH is 1. The number of aliphatic hydroxyl groups is 1. The van der Waals surface area contributed by atoms with Crippen LogP contribution in [0.3, 0.4) is 0 Å². The van der Waals surface area contributed by atoms with Gasteiger partial charge in [0.05, 0.1) is 11.5 Å². The van der Waals surface area contributed by atoms with Crippen molar-refractivity contribution in [1.29, 1.82) is 0 Å². The van der Waals surface area contributed by atoms with E-state index in [1.165, 1.54) is 26.1 Å². The van der Waals surface area contributed by atoms with Crippen LogP contribution in [0.15, 0.2) is 23.1 Å². The molecule has 0 saturated carbocycles. The zero-order valence-electron chi connectivity index (χ0n) is 12.1. The molecule has 0 amide bonds. The summed E-state index contributed by atoms with van der Waals surface area (Å²) in [4.78, 5) is 9.92. The number of nitro groups is 1. The Bertz CT molecular complexity index is 617. The van der Waals surface area contributed by atoms with Crippen LogP contribution < -0.4 is 5.32 Å². The highest BCUT2D eigenvalue weighted by atomic mass is 32.2. The van der Waals surface area contributed by atoms with Crippen LogP contribution in [0.25, 0.3) is 0 Å². The molecular formula is C12H19N3O5S. The predicted molar refractivity (Wildman–Crippen MR) is 78.8 cm³/mol. The Hall–Kier alpha value is -1.71. The molecule has 1 aromatic carbocycles. The Kier molecular flexibility index (Phi) is 5.64. The average molecular weight is 317 g/mol. The molecule has 21 heavy (non-hydrogen) atoms. The van der Waals surface area contributed by atoms with Crippen LogP contribution in [-0.2, 0) is 10.0 Å². The van der Waals surface area contributed by atoms with Gasteiger partial charge in [-0.05, 0) is 26.0 Å². The first kappa shape index (κ1) is 17.3. The van der Waals surface area contributed by atoms with E-state index in [4.69, 9.17) is 5.11 Å². The van der Waals surface area contributed by atoms with Gasteiger partial charge in [0.1, 0.15) is 0 Å². The maximum atomic E-state index is 12.5. The Morgan fingerprint density at radius 3 is 2.57 bits per heavy atom. The van der Waals surface area contributed by atoms with Gasteiger partial charge in [0.25, 0.3) is 5.69 Å². The van der Waals surface area contributed by atoms with Crippen LogP contribution in [0.2, 0.25) is 0 Å². The van der Waals surface area contributed by atoms with E-state index >= 15 is 0 Å². The summed E-state index contributed by atoms with van der Waals surface area (Å²) in [6.07, 6.45) is 0. The van der Waals surface area contributed by atoms with Gasteiger partial charge >= 0.3 is 0 Å². The molecule has 0 spiro atoms. The van der Waals surface area contributed by atoms with E-state index in [1.807, 2.05) is 6.92 Å². The molecule has 1 atom stereocenters. The summed E-state index contributed by atoms with van der Waals surface area (Å²) in [6, 6.07) is 3.16. The molecule has 0 aromatic heterocycles. The quantitative estimate of drug-likeness (QED) is 0.573. The molecule has 0 heterocycles. The molecule has 0 aliphatic carbocycles. The molecule has 2 N–H and O–H groups in total. The summed E-state index contributed by atoms with van der Waals surface area (Å²) in [6.45, 7) is 3.52. The fourth-order valence-electron chi connectivity index (χ4n) is 1.69. The Morgan fingerprint density at radius 2 is 2.10 bits per heavy atom. The van der Waals surface area contributed by atoms with Gasteiger partial charge < -0.3 is 10.4 Å². The molecule has 1 rings (SSSR count). The molecule has 8 nitrogen and oxygen atoms in total. The zero-order valence-corrected chi connectivity index (χ0v) is 12.9. The van der Waals surface area contributed by atoms with Crippen molar-refractivity contribution >= 4 is 21.4 Å². The molecule has 118 valence electrons. The van der Waals surface area contributed by atoms with E-state index in [0.717, 1.165) is 10.4 Å². The van der Waals surface area contributed by atoms with Gasteiger partial charge in [0, 0.05) is 31.4 Å². The second-order valence-corrected chi connectivity index (χ2v) is 6.49. The van der Waals surface area contributed by atoms with Crippen molar-refractivity contribution in [2.45, 2.75) is 24.8 Å². The predicted octanol–water partition coefficient (Wildman–Crippen LogP) is 1.03. The largest absolute Gasteiger partial charge is 0.395 e. The number of nitrogens with one attached hydrogen (secondary N) is 1. The fraction of sp³-hybridized carbons (Fsp3) is 0.500. The third-order valence-corrected chi connectivity index (χ3v) is 5.08. The molecule has 1 unspecified atom stereocenters. The summed E-state index contributed by atoms with van der Waals surface area (Å²) in [7, 11) is -2.80. The van der Waals surface area contributed by atoms with Gasteiger partial charge in [-0.1, -0.05) is 0 Å². The standard InChI is InChI=1S/C12H19N3O5S/c1-4-13-10-5-6-11(15(17)18)12(7-10)21(19,20)14(3)9(2)8-16/h5-7,9,13,16H,4,8H2,1-3H3. The molecule has 0 aliphatic heterocycles. The minimum atomic E-state index is -4.08. The van der Waals surface area contributed by atoms with E-state index in [0.29, 0.717) is 12.2 Å². The second-order valence-electron chi connectivity index (χ2n) is 4.52. The lowest BCUT2D eigenvalue weighted by Gasteiger charge is -2.22. The summed E-state index contributed by atoms with van der Waals surface area (Å²) in [5.74, 6) is 0. The maximum absolute atomic E-state index is 12.5. The van der Waals surface area contributed by atoms with Gasteiger partial charge in [0.2, 0.25) is 10.0 Å². The number of nitro benzene ring substituents is 1. The van der Waals surface area contributed by atoms with E-state index < -0.39 is 31.6 Å². The first-order valence-corrected chi connectivity index (χ1v) is 7.80. The number of nitrogens with zero attached hydrogens (tertiary/aromatic N) is 2. The molecule has 1 aromatic rings. The van der Waals surface area contributed by atoms with Crippen molar-refractivity contribution in [3.63, 3.8) is 0 Å². The highest BCUT2D eigenvalue weighted by Crippen LogP contribution is 2.29. The summed E-state index contributed by atoms with van der Waals surface area (Å²) in [5, 5.41) is 23.0. The van der Waals surface area contributed by atoms with E-state index in [9.17, 15) is 18.5 Å². The Labute approximate surface area is 123 Å². The lowest BCUT2D eigenvalue weighted by Crippen LogP contribution is -2.37. The van der Waals surface area contributed by atoms with Crippen LogP contribution in [0.4, 0.5) is 11.4 Å². The molecule has 0 radical (unpaired) electrons. The summed E-state index contributed by atoms with van der Waals surface area (Å²) < 4.78 is 25.9. The van der Waals surface area contributed by atoms with Crippen molar-refractivity contribution in [3.05, 3.63) is 28.3 Å². The Morgan fingerprint density at radius 1 is 1.48 bits per heavy atom. The number of hydrogen-bond donors (Lipinski definition) is 2. The molecule has 0 saturated heterocycles. The van der Waals surface area contributed by atoms with Gasteiger partial charge in [-0.2, -0.15) is 4.31 Å². The molecular weight excluding hydrogens is 298 g/mol. The topological polar surface area (TPSA) is 113 Å².